The Bertz CT molecular complexity index is 1320. The predicted molar refractivity (Wildman–Crippen MR) is 121 cm³/mol. The number of rotatable bonds is 5. The Balaban J connectivity index is 1.62. The Labute approximate surface area is 190 Å². The van der Waals surface area contributed by atoms with Gasteiger partial charge in [0.1, 0.15) is 12.1 Å². The zero-order chi connectivity index (χ0) is 23.8. The monoisotopic (exact) mass is 452 g/mol. The average molecular weight is 452 g/mol. The number of anilines is 1. The number of fused-ring (bicyclic) bond motifs is 1. The average Bonchev–Trinajstić information content (AvgIpc) is 3.35. The largest absolute Gasteiger partial charge is 0.436 e. The molecule has 0 saturated carbocycles. The summed E-state index contributed by atoms with van der Waals surface area (Å²) in [7, 11) is 1.80. The summed E-state index contributed by atoms with van der Waals surface area (Å²) in [5.74, 6) is 0.561. The standard InChI is InChI=1S/C23H25FN6O3/c1-13-8-15-16(30(13)22(31)28-19-10-18(33-29-19)23(2,3)4)6-7-17(21(15)24)32-20-9-14(11-25-5)26-12-27-20/h6-10,12,25H,11H2,1-5H3,(H,28,29,31). The minimum absolute atomic E-state index is 0.000450. The molecular formula is C23H25FN6O3. The molecule has 0 radical (unpaired) electrons. The number of nitrogens with zero attached hydrogens (tertiary/aromatic N) is 4. The van der Waals surface area contributed by atoms with Crippen molar-refractivity contribution in [2.75, 3.05) is 12.4 Å². The van der Waals surface area contributed by atoms with Gasteiger partial charge in [-0.3, -0.25) is 9.88 Å². The molecule has 1 aromatic carbocycles. The van der Waals surface area contributed by atoms with E-state index in [0.29, 0.717) is 29.2 Å². The van der Waals surface area contributed by atoms with Crippen molar-refractivity contribution >= 4 is 22.8 Å². The molecule has 4 rings (SSSR count). The summed E-state index contributed by atoms with van der Waals surface area (Å²) >= 11 is 0. The van der Waals surface area contributed by atoms with Crippen LogP contribution in [0.3, 0.4) is 0 Å². The second-order valence-corrected chi connectivity index (χ2v) is 8.67. The topological polar surface area (TPSA) is 107 Å². The van der Waals surface area contributed by atoms with Crippen LogP contribution in [0, 0.1) is 12.7 Å². The zero-order valence-electron chi connectivity index (χ0n) is 19.1. The van der Waals surface area contributed by atoms with Gasteiger partial charge in [0.15, 0.2) is 17.4 Å². The molecule has 0 aliphatic carbocycles. The summed E-state index contributed by atoms with van der Waals surface area (Å²) in [5, 5.41) is 9.85. The third-order valence-electron chi connectivity index (χ3n) is 5.03. The molecule has 0 aliphatic rings. The molecular weight excluding hydrogens is 427 g/mol. The van der Waals surface area contributed by atoms with Crippen LogP contribution in [0.5, 0.6) is 11.6 Å². The van der Waals surface area contributed by atoms with E-state index in [9.17, 15) is 4.79 Å². The smallest absolute Gasteiger partial charge is 0.331 e. The van der Waals surface area contributed by atoms with Crippen LogP contribution >= 0.6 is 0 Å². The van der Waals surface area contributed by atoms with E-state index >= 15 is 4.39 Å². The van der Waals surface area contributed by atoms with Crippen molar-refractivity contribution in [1.82, 2.24) is 25.0 Å². The highest BCUT2D eigenvalue weighted by atomic mass is 19.1. The van der Waals surface area contributed by atoms with Crippen molar-refractivity contribution in [2.24, 2.45) is 0 Å². The third-order valence-corrected chi connectivity index (χ3v) is 5.03. The summed E-state index contributed by atoms with van der Waals surface area (Å²) in [4.78, 5) is 21.1. The van der Waals surface area contributed by atoms with Gasteiger partial charge in [-0.1, -0.05) is 25.9 Å². The van der Waals surface area contributed by atoms with Crippen molar-refractivity contribution < 1.29 is 18.4 Å². The number of aryl methyl sites for hydroxylation is 1. The van der Waals surface area contributed by atoms with Gasteiger partial charge in [0.2, 0.25) is 5.88 Å². The maximum Gasteiger partial charge on any atom is 0.331 e. The van der Waals surface area contributed by atoms with Crippen LogP contribution in [-0.2, 0) is 12.0 Å². The van der Waals surface area contributed by atoms with Gasteiger partial charge >= 0.3 is 6.03 Å². The molecule has 4 aromatic rings. The van der Waals surface area contributed by atoms with Crippen LogP contribution in [0.1, 0.15) is 37.9 Å². The van der Waals surface area contributed by atoms with Crippen LogP contribution in [-0.4, -0.2) is 32.8 Å². The Morgan fingerprint density at radius 3 is 2.70 bits per heavy atom. The lowest BCUT2D eigenvalue weighted by molar-refractivity contribution is 0.253. The highest BCUT2D eigenvalue weighted by molar-refractivity contribution is 5.99. The van der Waals surface area contributed by atoms with Crippen molar-refractivity contribution in [3.63, 3.8) is 0 Å². The van der Waals surface area contributed by atoms with Gasteiger partial charge < -0.3 is 14.6 Å². The Kier molecular flexibility index (Phi) is 5.86. The molecule has 0 fully saturated rings. The molecule has 0 bridgehead atoms. The van der Waals surface area contributed by atoms with Crippen LogP contribution in [0.2, 0.25) is 0 Å². The van der Waals surface area contributed by atoms with E-state index in [1.807, 2.05) is 20.8 Å². The van der Waals surface area contributed by atoms with E-state index in [1.54, 1.807) is 38.2 Å². The number of aromatic nitrogens is 4. The highest BCUT2D eigenvalue weighted by Crippen LogP contribution is 2.32. The number of hydrogen-bond donors (Lipinski definition) is 2. The van der Waals surface area contributed by atoms with E-state index in [0.717, 1.165) is 0 Å². The maximum atomic E-state index is 15.3. The van der Waals surface area contributed by atoms with Gasteiger partial charge in [0.05, 0.1) is 11.2 Å². The van der Waals surface area contributed by atoms with Crippen molar-refractivity contribution in [3.8, 4) is 11.6 Å². The Morgan fingerprint density at radius 1 is 1.21 bits per heavy atom. The van der Waals surface area contributed by atoms with E-state index in [4.69, 9.17) is 9.26 Å². The summed E-state index contributed by atoms with van der Waals surface area (Å²) in [5.41, 5.74) is 1.41. The van der Waals surface area contributed by atoms with E-state index in [2.05, 4.69) is 25.8 Å². The molecule has 9 nitrogen and oxygen atoms in total. The number of hydrogen-bond acceptors (Lipinski definition) is 7. The lowest BCUT2D eigenvalue weighted by atomic mass is 9.93. The SMILES string of the molecule is CNCc1cc(Oc2ccc3c(cc(C)n3C(=O)Nc3cc(C(C)(C)C)on3)c2F)ncn1. The van der Waals surface area contributed by atoms with Gasteiger partial charge in [-0.05, 0) is 32.2 Å². The van der Waals surface area contributed by atoms with Gasteiger partial charge in [-0.2, -0.15) is 0 Å². The normalized spacial score (nSPS) is 11.7. The Morgan fingerprint density at radius 2 is 2.00 bits per heavy atom. The molecule has 1 amide bonds. The first-order chi connectivity index (χ1) is 15.7. The van der Waals surface area contributed by atoms with Crippen molar-refractivity contribution in [3.05, 3.63) is 59.6 Å². The van der Waals surface area contributed by atoms with Crippen LogP contribution in [0.15, 0.2) is 41.2 Å². The molecule has 33 heavy (non-hydrogen) atoms. The molecule has 10 heteroatoms. The first kappa shape index (κ1) is 22.4. The molecule has 0 unspecified atom stereocenters. The third kappa shape index (κ3) is 4.56. The summed E-state index contributed by atoms with van der Waals surface area (Å²) in [6, 6.07) is 7.52. The lowest BCUT2D eigenvalue weighted by Gasteiger charge is -2.12. The van der Waals surface area contributed by atoms with E-state index < -0.39 is 11.8 Å². The molecule has 0 spiro atoms. The number of amides is 1. The predicted octanol–water partition coefficient (Wildman–Crippen LogP) is 4.76. The number of benzene rings is 1. The lowest BCUT2D eigenvalue weighted by Crippen LogP contribution is -2.20. The van der Waals surface area contributed by atoms with Crippen molar-refractivity contribution in [2.45, 2.75) is 39.7 Å². The van der Waals surface area contributed by atoms with E-state index in [-0.39, 0.29) is 28.2 Å². The van der Waals surface area contributed by atoms with Gasteiger partial charge in [-0.25, -0.2) is 19.2 Å². The van der Waals surface area contributed by atoms with Crippen LogP contribution in [0.25, 0.3) is 10.9 Å². The van der Waals surface area contributed by atoms with Gasteiger partial charge in [0.25, 0.3) is 0 Å². The van der Waals surface area contributed by atoms with Gasteiger partial charge in [-0.15, -0.1) is 0 Å². The fourth-order valence-corrected chi connectivity index (χ4v) is 3.38. The highest BCUT2D eigenvalue weighted by Gasteiger charge is 2.22. The maximum absolute atomic E-state index is 15.3. The fourth-order valence-electron chi connectivity index (χ4n) is 3.38. The minimum Gasteiger partial charge on any atom is -0.436 e. The Hall–Kier alpha value is -3.79. The van der Waals surface area contributed by atoms with Crippen LogP contribution < -0.4 is 15.4 Å². The summed E-state index contributed by atoms with van der Waals surface area (Å²) in [6.07, 6.45) is 1.36. The van der Waals surface area contributed by atoms with E-state index in [1.165, 1.54) is 17.0 Å². The first-order valence-corrected chi connectivity index (χ1v) is 10.4. The number of carbonyl (C=O) groups excluding carboxylic acids is 1. The zero-order valence-corrected chi connectivity index (χ0v) is 19.1. The van der Waals surface area contributed by atoms with Crippen molar-refractivity contribution in [1.29, 1.82) is 0 Å². The first-order valence-electron chi connectivity index (χ1n) is 10.4. The number of ether oxygens (including phenoxy) is 1. The summed E-state index contributed by atoms with van der Waals surface area (Å²) in [6.45, 7) is 8.19. The molecule has 2 N–H and O–H groups in total. The second kappa shape index (κ2) is 8.62. The quantitative estimate of drug-likeness (QED) is 0.450. The summed E-state index contributed by atoms with van der Waals surface area (Å²) < 4.78 is 27.6. The minimum atomic E-state index is -0.590. The molecule has 0 atom stereocenters. The molecule has 3 heterocycles. The molecule has 0 saturated heterocycles. The molecule has 0 aliphatic heterocycles. The fraction of sp³-hybridized carbons (Fsp3) is 0.304. The van der Waals surface area contributed by atoms with Crippen LogP contribution in [0.4, 0.5) is 15.0 Å². The number of carbonyl (C=O) groups is 1. The second-order valence-electron chi connectivity index (χ2n) is 8.67. The molecule has 3 aromatic heterocycles. The molecule has 172 valence electrons. The number of nitrogens with one attached hydrogen (secondary N) is 2. The van der Waals surface area contributed by atoms with Gasteiger partial charge in [0, 0.05) is 35.2 Å². The number of halogens is 1.